The molecule has 4 rings (SSSR count). The molecule has 5 nitrogen and oxygen atoms in total. The molecule has 0 bridgehead atoms. The highest BCUT2D eigenvalue weighted by molar-refractivity contribution is 7.99. The molecule has 0 amide bonds. The van der Waals surface area contributed by atoms with Gasteiger partial charge < -0.3 is 10.3 Å². The summed E-state index contributed by atoms with van der Waals surface area (Å²) in [5, 5.41) is 10.8. The van der Waals surface area contributed by atoms with Crippen LogP contribution in [0.1, 0.15) is 62.0 Å². The fourth-order valence-electron chi connectivity index (χ4n) is 2.51. The van der Waals surface area contributed by atoms with E-state index in [1.807, 2.05) is 19.2 Å². The van der Waals surface area contributed by atoms with Gasteiger partial charge in [-0.3, -0.25) is 0 Å². The van der Waals surface area contributed by atoms with Crippen molar-refractivity contribution in [3.63, 3.8) is 0 Å². The minimum Gasteiger partial charge on any atom is -0.324 e. The second-order valence-electron chi connectivity index (χ2n) is 6.03. The molecule has 2 aliphatic rings. The molecule has 0 aliphatic heterocycles. The van der Waals surface area contributed by atoms with Gasteiger partial charge >= 0.3 is 0 Å². The molecule has 0 aromatic carbocycles. The van der Waals surface area contributed by atoms with Crippen LogP contribution in [0.4, 0.5) is 0 Å². The lowest BCUT2D eigenvalue weighted by molar-refractivity contribution is 0.626. The van der Waals surface area contributed by atoms with E-state index < -0.39 is 0 Å². The Morgan fingerprint density at radius 2 is 2.10 bits per heavy atom. The molecule has 2 heterocycles. The molecule has 110 valence electrons. The van der Waals surface area contributed by atoms with E-state index in [-0.39, 0.29) is 6.04 Å². The van der Waals surface area contributed by atoms with Crippen molar-refractivity contribution in [1.82, 2.24) is 19.7 Å². The number of hydrogen-bond donors (Lipinski definition) is 1. The predicted molar refractivity (Wildman–Crippen MR) is 81.2 cm³/mol. The lowest BCUT2D eigenvalue weighted by Gasteiger charge is -2.09. The predicted octanol–water partition coefficient (Wildman–Crippen LogP) is 3.06. The first kappa shape index (κ1) is 13.3. The number of nitrogens with zero attached hydrogens (tertiary/aromatic N) is 4. The van der Waals surface area contributed by atoms with Crippen LogP contribution in [-0.2, 0) is 0 Å². The second kappa shape index (κ2) is 5.10. The van der Waals surface area contributed by atoms with E-state index in [2.05, 4.69) is 25.8 Å². The highest BCUT2D eigenvalue weighted by Gasteiger charge is 2.36. The van der Waals surface area contributed by atoms with Crippen molar-refractivity contribution in [2.45, 2.75) is 60.8 Å². The van der Waals surface area contributed by atoms with Crippen molar-refractivity contribution < 1.29 is 0 Å². The van der Waals surface area contributed by atoms with Crippen LogP contribution < -0.4 is 5.73 Å². The summed E-state index contributed by atoms with van der Waals surface area (Å²) in [6, 6.07) is 4.65. The van der Waals surface area contributed by atoms with Gasteiger partial charge in [-0.25, -0.2) is 4.98 Å². The third-order valence-corrected chi connectivity index (χ3v) is 4.92. The van der Waals surface area contributed by atoms with Gasteiger partial charge in [-0.1, -0.05) is 0 Å². The highest BCUT2D eigenvalue weighted by atomic mass is 32.2. The van der Waals surface area contributed by atoms with Crippen LogP contribution in [0, 0.1) is 0 Å². The Labute approximate surface area is 128 Å². The Bertz CT molecular complexity index is 658. The van der Waals surface area contributed by atoms with Gasteiger partial charge in [0.05, 0.1) is 0 Å². The van der Waals surface area contributed by atoms with Crippen LogP contribution in [0.3, 0.4) is 0 Å². The van der Waals surface area contributed by atoms with Gasteiger partial charge in [0.15, 0.2) is 5.16 Å². The molecule has 0 radical (unpaired) electrons. The highest BCUT2D eigenvalue weighted by Crippen LogP contribution is 2.46. The Morgan fingerprint density at radius 1 is 1.29 bits per heavy atom. The second-order valence-corrected chi connectivity index (χ2v) is 7.02. The lowest BCUT2D eigenvalue weighted by atomic mass is 10.1. The summed E-state index contributed by atoms with van der Waals surface area (Å²) in [7, 11) is 0. The average Bonchev–Trinajstić information content (AvgIpc) is 3.39. The Kier molecular flexibility index (Phi) is 3.23. The molecule has 2 saturated carbocycles. The summed E-state index contributed by atoms with van der Waals surface area (Å²) >= 11 is 1.60. The Hall–Kier alpha value is -1.40. The zero-order chi connectivity index (χ0) is 14.4. The van der Waals surface area contributed by atoms with Gasteiger partial charge in [-0.05, 0) is 62.1 Å². The number of aromatic nitrogens is 4. The third kappa shape index (κ3) is 2.70. The van der Waals surface area contributed by atoms with Crippen LogP contribution in [0.2, 0.25) is 0 Å². The summed E-state index contributed by atoms with van der Waals surface area (Å²) in [5.74, 6) is 1.82. The molecule has 0 unspecified atom stereocenters. The van der Waals surface area contributed by atoms with Crippen molar-refractivity contribution >= 4 is 11.8 Å². The number of pyridine rings is 1. The molecule has 2 fully saturated rings. The zero-order valence-electron chi connectivity index (χ0n) is 12.1. The number of rotatable bonds is 5. The van der Waals surface area contributed by atoms with Crippen LogP contribution in [0.5, 0.6) is 0 Å². The number of hydrogen-bond acceptors (Lipinski definition) is 5. The monoisotopic (exact) mass is 301 g/mol. The standard InChI is InChI=1S/C15H19N5S/c1-9(16)11-6-7-17-13(8-11)21-15-19-18-14(10-2-3-10)20(15)12-4-5-12/h6-10,12H,2-5,16H2,1H3/t9-/m1/s1. The molecule has 2 aliphatic carbocycles. The quantitative estimate of drug-likeness (QED) is 0.919. The van der Waals surface area contributed by atoms with E-state index in [4.69, 9.17) is 5.73 Å². The van der Waals surface area contributed by atoms with Gasteiger partial charge in [0.2, 0.25) is 0 Å². The summed E-state index contributed by atoms with van der Waals surface area (Å²) in [5.41, 5.74) is 7.05. The molecule has 2 N–H and O–H groups in total. The van der Waals surface area contributed by atoms with Crippen LogP contribution in [-0.4, -0.2) is 19.7 Å². The minimum atomic E-state index is 0.0238. The molecule has 21 heavy (non-hydrogen) atoms. The first-order valence-electron chi connectivity index (χ1n) is 7.56. The summed E-state index contributed by atoms with van der Waals surface area (Å²) in [6.45, 7) is 1.99. The molecule has 6 heteroatoms. The van der Waals surface area contributed by atoms with E-state index in [9.17, 15) is 0 Å². The fraction of sp³-hybridized carbons (Fsp3) is 0.533. The first-order chi connectivity index (χ1) is 10.2. The smallest absolute Gasteiger partial charge is 0.197 e. The molecular formula is C15H19N5S. The summed E-state index contributed by atoms with van der Waals surface area (Å²) < 4.78 is 2.35. The van der Waals surface area contributed by atoms with E-state index in [1.54, 1.807) is 11.8 Å². The molecule has 1 atom stereocenters. The van der Waals surface area contributed by atoms with Crippen LogP contribution in [0.25, 0.3) is 0 Å². The van der Waals surface area contributed by atoms with Crippen LogP contribution in [0.15, 0.2) is 28.5 Å². The third-order valence-electron chi connectivity index (χ3n) is 4.03. The maximum absolute atomic E-state index is 5.95. The molecule has 2 aromatic heterocycles. The van der Waals surface area contributed by atoms with E-state index in [1.165, 1.54) is 31.5 Å². The van der Waals surface area contributed by atoms with Crippen molar-refractivity contribution in [3.8, 4) is 0 Å². The van der Waals surface area contributed by atoms with E-state index in [0.29, 0.717) is 12.0 Å². The zero-order valence-corrected chi connectivity index (χ0v) is 12.9. The SMILES string of the molecule is C[C@@H](N)c1ccnc(Sc2nnc(C3CC3)n2C2CC2)c1. The topological polar surface area (TPSA) is 69.6 Å². The van der Waals surface area contributed by atoms with Crippen molar-refractivity contribution in [3.05, 3.63) is 29.7 Å². The Balaban J connectivity index is 1.63. The molecule has 0 spiro atoms. The first-order valence-corrected chi connectivity index (χ1v) is 8.38. The maximum atomic E-state index is 5.95. The molecule has 0 saturated heterocycles. The fourth-order valence-corrected chi connectivity index (χ4v) is 3.43. The van der Waals surface area contributed by atoms with Gasteiger partial charge in [-0.15, -0.1) is 10.2 Å². The Morgan fingerprint density at radius 3 is 2.76 bits per heavy atom. The van der Waals surface area contributed by atoms with E-state index in [0.717, 1.165) is 15.7 Å². The van der Waals surface area contributed by atoms with Crippen LogP contribution >= 0.6 is 11.8 Å². The van der Waals surface area contributed by atoms with Gasteiger partial charge in [0.1, 0.15) is 10.9 Å². The lowest BCUT2D eigenvalue weighted by Crippen LogP contribution is -2.05. The van der Waals surface area contributed by atoms with E-state index >= 15 is 0 Å². The normalized spacial score (nSPS) is 19.7. The van der Waals surface area contributed by atoms with Crippen molar-refractivity contribution in [1.29, 1.82) is 0 Å². The van der Waals surface area contributed by atoms with Gasteiger partial charge in [-0.2, -0.15) is 0 Å². The molecular weight excluding hydrogens is 282 g/mol. The average molecular weight is 301 g/mol. The summed E-state index contributed by atoms with van der Waals surface area (Å²) in [4.78, 5) is 4.43. The summed E-state index contributed by atoms with van der Waals surface area (Å²) in [6.07, 6.45) is 6.83. The van der Waals surface area contributed by atoms with Crippen molar-refractivity contribution in [2.24, 2.45) is 5.73 Å². The van der Waals surface area contributed by atoms with Gasteiger partial charge in [0, 0.05) is 24.2 Å². The minimum absolute atomic E-state index is 0.0238. The number of nitrogens with two attached hydrogens (primary N) is 1. The maximum Gasteiger partial charge on any atom is 0.197 e. The van der Waals surface area contributed by atoms with Gasteiger partial charge in [0.25, 0.3) is 0 Å². The molecule has 2 aromatic rings. The largest absolute Gasteiger partial charge is 0.324 e. The van der Waals surface area contributed by atoms with Crippen molar-refractivity contribution in [2.75, 3.05) is 0 Å².